The summed E-state index contributed by atoms with van der Waals surface area (Å²) in [5, 5.41) is 14.0. The highest BCUT2D eigenvalue weighted by Gasteiger charge is 2.29. The van der Waals surface area contributed by atoms with Gasteiger partial charge in [-0.2, -0.15) is 0 Å². The highest BCUT2D eigenvalue weighted by Crippen LogP contribution is 2.29. The lowest BCUT2D eigenvalue weighted by molar-refractivity contribution is -0.385. The van der Waals surface area contributed by atoms with E-state index in [0.29, 0.717) is 31.7 Å². The first-order valence-corrected chi connectivity index (χ1v) is 9.24. The zero-order chi connectivity index (χ0) is 21.0. The number of amides is 2. The maximum Gasteiger partial charge on any atom is 0.311 e. The number of pyridine rings is 1. The van der Waals surface area contributed by atoms with Crippen LogP contribution in [0.25, 0.3) is 0 Å². The number of hydrogen-bond acceptors (Lipinski definition) is 6. The molecule has 9 heteroatoms. The molecule has 1 aromatic heterocycles. The topological polar surface area (TPSA) is 115 Å². The number of carbonyl (C=O) groups excluding carboxylic acids is 2. The van der Waals surface area contributed by atoms with Gasteiger partial charge in [-0.3, -0.25) is 19.7 Å². The molecule has 0 bridgehead atoms. The zero-order valence-electron chi connectivity index (χ0n) is 16.3. The molecule has 0 saturated carbocycles. The Balaban J connectivity index is 1.61. The van der Waals surface area contributed by atoms with Crippen molar-refractivity contribution in [1.82, 2.24) is 9.88 Å². The quantitative estimate of drug-likeness (QED) is 0.612. The van der Waals surface area contributed by atoms with Gasteiger partial charge in [-0.1, -0.05) is 0 Å². The number of likely N-dealkylation sites (tertiary alicyclic amines) is 1. The van der Waals surface area contributed by atoms with Crippen molar-refractivity contribution in [3.63, 3.8) is 0 Å². The number of methoxy groups -OCH3 is 1. The second kappa shape index (κ2) is 8.68. The lowest BCUT2D eigenvalue weighted by atomic mass is 9.95. The van der Waals surface area contributed by atoms with Crippen LogP contribution >= 0.6 is 0 Å². The summed E-state index contributed by atoms with van der Waals surface area (Å²) in [6.07, 6.45) is 2.67. The molecule has 2 heterocycles. The zero-order valence-corrected chi connectivity index (χ0v) is 16.3. The van der Waals surface area contributed by atoms with E-state index in [1.54, 1.807) is 17.2 Å². The summed E-state index contributed by atoms with van der Waals surface area (Å²) in [7, 11) is 1.34. The van der Waals surface area contributed by atoms with E-state index >= 15 is 0 Å². The van der Waals surface area contributed by atoms with Crippen molar-refractivity contribution in [2.24, 2.45) is 5.92 Å². The van der Waals surface area contributed by atoms with Crippen molar-refractivity contribution in [1.29, 1.82) is 0 Å². The molecule has 1 aliphatic rings. The van der Waals surface area contributed by atoms with E-state index in [0.717, 1.165) is 5.56 Å². The number of aryl methyl sites for hydroxylation is 1. The number of carbonyl (C=O) groups is 2. The highest BCUT2D eigenvalue weighted by atomic mass is 16.6. The number of benzene rings is 1. The van der Waals surface area contributed by atoms with E-state index in [4.69, 9.17) is 4.74 Å². The molecule has 3 rings (SSSR count). The van der Waals surface area contributed by atoms with Gasteiger partial charge in [0, 0.05) is 36.8 Å². The van der Waals surface area contributed by atoms with Gasteiger partial charge in [0.15, 0.2) is 5.75 Å². The predicted octanol–water partition coefficient (Wildman–Crippen LogP) is 2.80. The molecule has 1 fully saturated rings. The molecule has 1 N–H and O–H groups in total. The predicted molar refractivity (Wildman–Crippen MR) is 106 cm³/mol. The molecule has 29 heavy (non-hydrogen) atoms. The molecule has 9 nitrogen and oxygen atoms in total. The molecule has 0 radical (unpaired) electrons. The third kappa shape index (κ3) is 4.68. The Morgan fingerprint density at radius 1 is 1.24 bits per heavy atom. The minimum atomic E-state index is -0.578. The van der Waals surface area contributed by atoms with E-state index in [2.05, 4.69) is 10.3 Å². The molecule has 1 aromatic carbocycles. The Morgan fingerprint density at radius 3 is 2.59 bits per heavy atom. The SMILES string of the molecule is COc1ccc(C(=O)N2CCC(C(=O)Nc3cc(C)ccn3)CC2)cc1[N+](=O)[O-]. The van der Waals surface area contributed by atoms with Gasteiger partial charge < -0.3 is 15.0 Å². The van der Waals surface area contributed by atoms with Crippen molar-refractivity contribution < 1.29 is 19.2 Å². The van der Waals surface area contributed by atoms with Crippen LogP contribution < -0.4 is 10.1 Å². The standard InChI is InChI=1S/C20H22N4O5/c1-13-5-8-21-18(11-13)22-19(25)14-6-9-23(10-7-14)20(26)15-3-4-17(29-2)16(12-15)24(27)28/h3-5,8,11-12,14H,6-7,9-10H2,1-2H3,(H,21,22,25). The Morgan fingerprint density at radius 2 is 1.97 bits per heavy atom. The minimum Gasteiger partial charge on any atom is -0.490 e. The van der Waals surface area contributed by atoms with Gasteiger partial charge >= 0.3 is 5.69 Å². The second-order valence-electron chi connectivity index (χ2n) is 6.92. The van der Waals surface area contributed by atoms with Crippen LogP contribution in [0.1, 0.15) is 28.8 Å². The van der Waals surface area contributed by atoms with Crippen LogP contribution in [0, 0.1) is 23.0 Å². The molecule has 0 atom stereocenters. The maximum atomic E-state index is 12.7. The van der Waals surface area contributed by atoms with Crippen LogP contribution in [0.2, 0.25) is 0 Å². The van der Waals surface area contributed by atoms with Crippen molar-refractivity contribution in [2.75, 3.05) is 25.5 Å². The first-order chi connectivity index (χ1) is 13.9. The van der Waals surface area contributed by atoms with Gasteiger partial charge in [-0.25, -0.2) is 4.98 Å². The van der Waals surface area contributed by atoms with Gasteiger partial charge in [0.1, 0.15) is 5.82 Å². The molecule has 2 amide bonds. The number of hydrogen-bond donors (Lipinski definition) is 1. The summed E-state index contributed by atoms with van der Waals surface area (Å²) in [4.78, 5) is 41.5. The van der Waals surface area contributed by atoms with Crippen molar-refractivity contribution in [2.45, 2.75) is 19.8 Å². The summed E-state index contributed by atoms with van der Waals surface area (Å²) in [5.41, 5.74) is 0.979. The average Bonchev–Trinajstić information content (AvgIpc) is 2.72. The maximum absolute atomic E-state index is 12.7. The number of nitrogens with one attached hydrogen (secondary N) is 1. The van der Waals surface area contributed by atoms with E-state index in [1.165, 1.54) is 25.3 Å². The van der Waals surface area contributed by atoms with Crippen LogP contribution in [0.5, 0.6) is 5.75 Å². The monoisotopic (exact) mass is 398 g/mol. The van der Waals surface area contributed by atoms with E-state index in [1.807, 2.05) is 13.0 Å². The van der Waals surface area contributed by atoms with Crippen molar-refractivity contribution in [3.8, 4) is 5.75 Å². The first kappa shape index (κ1) is 20.2. The number of nitrogens with zero attached hydrogens (tertiary/aromatic N) is 3. The number of ether oxygens (including phenoxy) is 1. The summed E-state index contributed by atoms with van der Waals surface area (Å²) in [6.45, 7) is 2.72. The van der Waals surface area contributed by atoms with Crippen LogP contribution in [-0.2, 0) is 4.79 Å². The highest BCUT2D eigenvalue weighted by molar-refractivity contribution is 5.96. The van der Waals surface area contributed by atoms with E-state index < -0.39 is 4.92 Å². The van der Waals surface area contributed by atoms with Crippen LogP contribution in [0.15, 0.2) is 36.5 Å². The fraction of sp³-hybridized carbons (Fsp3) is 0.350. The Hall–Kier alpha value is -3.49. The number of nitro groups is 1. The summed E-state index contributed by atoms with van der Waals surface area (Å²) in [6, 6.07) is 7.80. The first-order valence-electron chi connectivity index (χ1n) is 9.24. The molecule has 0 unspecified atom stereocenters. The van der Waals surface area contributed by atoms with Gasteiger partial charge in [0.25, 0.3) is 5.91 Å². The second-order valence-corrected chi connectivity index (χ2v) is 6.92. The molecular formula is C20H22N4O5. The third-order valence-corrected chi connectivity index (χ3v) is 4.94. The number of anilines is 1. The molecule has 152 valence electrons. The number of nitro benzene ring substituents is 1. The molecule has 2 aromatic rings. The third-order valence-electron chi connectivity index (χ3n) is 4.94. The Labute approximate surface area is 167 Å². The van der Waals surface area contributed by atoms with Gasteiger partial charge in [-0.15, -0.1) is 0 Å². The summed E-state index contributed by atoms with van der Waals surface area (Å²) in [5.74, 6) is -0.0115. The van der Waals surface area contributed by atoms with Gasteiger partial charge in [-0.05, 0) is 49.6 Å². The van der Waals surface area contributed by atoms with Crippen LogP contribution in [0.4, 0.5) is 11.5 Å². The van der Waals surface area contributed by atoms with Crippen molar-refractivity contribution in [3.05, 3.63) is 57.8 Å². The molecule has 0 spiro atoms. The number of piperidine rings is 1. The largest absolute Gasteiger partial charge is 0.490 e. The smallest absolute Gasteiger partial charge is 0.311 e. The van der Waals surface area contributed by atoms with Gasteiger partial charge in [0.2, 0.25) is 5.91 Å². The Bertz CT molecular complexity index is 938. The normalized spacial score (nSPS) is 14.3. The van der Waals surface area contributed by atoms with Crippen LogP contribution in [-0.4, -0.2) is 46.8 Å². The van der Waals surface area contributed by atoms with E-state index in [-0.39, 0.29) is 34.7 Å². The lowest BCUT2D eigenvalue weighted by Crippen LogP contribution is -2.41. The fourth-order valence-corrected chi connectivity index (χ4v) is 3.33. The Kier molecular flexibility index (Phi) is 6.06. The van der Waals surface area contributed by atoms with Gasteiger partial charge in [0.05, 0.1) is 12.0 Å². The minimum absolute atomic E-state index is 0.103. The molecule has 1 saturated heterocycles. The van der Waals surface area contributed by atoms with Crippen LogP contribution in [0.3, 0.4) is 0 Å². The number of rotatable bonds is 5. The fourth-order valence-electron chi connectivity index (χ4n) is 3.33. The molecular weight excluding hydrogens is 376 g/mol. The molecule has 0 aliphatic carbocycles. The van der Waals surface area contributed by atoms with Crippen molar-refractivity contribution >= 4 is 23.3 Å². The number of aromatic nitrogens is 1. The average molecular weight is 398 g/mol. The lowest BCUT2D eigenvalue weighted by Gasteiger charge is -2.31. The summed E-state index contributed by atoms with van der Waals surface area (Å²) >= 11 is 0. The molecule has 1 aliphatic heterocycles. The van der Waals surface area contributed by atoms with E-state index in [9.17, 15) is 19.7 Å². The summed E-state index contributed by atoms with van der Waals surface area (Å²) < 4.78 is 4.97.